The van der Waals surface area contributed by atoms with E-state index >= 15 is 0 Å². The van der Waals surface area contributed by atoms with Crippen LogP contribution in [0.1, 0.15) is 13.8 Å². The lowest BCUT2D eigenvalue weighted by molar-refractivity contribution is 0.0996. The Bertz CT molecular complexity index is 397. The van der Waals surface area contributed by atoms with Crippen molar-refractivity contribution in [2.24, 2.45) is 5.41 Å². The molecule has 1 aromatic rings. The Morgan fingerprint density at radius 2 is 1.68 bits per heavy atom. The molecular formula is C15H23FN2O. The maximum absolute atomic E-state index is 12.9. The van der Waals surface area contributed by atoms with Crippen molar-refractivity contribution in [3.8, 4) is 0 Å². The fourth-order valence-corrected chi connectivity index (χ4v) is 2.47. The van der Waals surface area contributed by atoms with Gasteiger partial charge in [-0.05, 0) is 24.3 Å². The fraction of sp³-hybridized carbons (Fsp3) is 0.600. The normalized spacial score (nSPS) is 17.8. The molecule has 0 bridgehead atoms. The van der Waals surface area contributed by atoms with Crippen LogP contribution in [-0.2, 0) is 0 Å². The number of benzene rings is 1. The van der Waals surface area contributed by atoms with Crippen LogP contribution in [0, 0.1) is 11.2 Å². The Morgan fingerprint density at radius 1 is 1.11 bits per heavy atom. The van der Waals surface area contributed by atoms with Crippen molar-refractivity contribution in [2.75, 3.05) is 44.2 Å². The van der Waals surface area contributed by atoms with Crippen LogP contribution in [0.3, 0.4) is 0 Å². The van der Waals surface area contributed by atoms with Crippen LogP contribution in [0.2, 0.25) is 0 Å². The van der Waals surface area contributed by atoms with Crippen LogP contribution >= 0.6 is 0 Å². The minimum atomic E-state index is -0.188. The predicted octanol–water partition coefficient (Wildman–Crippen LogP) is 1.97. The van der Waals surface area contributed by atoms with E-state index in [-0.39, 0.29) is 17.8 Å². The third kappa shape index (κ3) is 3.91. The van der Waals surface area contributed by atoms with Gasteiger partial charge in [0.05, 0.1) is 0 Å². The monoisotopic (exact) mass is 266 g/mol. The van der Waals surface area contributed by atoms with Crippen LogP contribution in [0.15, 0.2) is 24.3 Å². The average Bonchev–Trinajstić information content (AvgIpc) is 2.40. The van der Waals surface area contributed by atoms with E-state index in [4.69, 9.17) is 0 Å². The van der Waals surface area contributed by atoms with Crippen LogP contribution < -0.4 is 4.90 Å². The zero-order valence-corrected chi connectivity index (χ0v) is 11.8. The van der Waals surface area contributed by atoms with Gasteiger partial charge in [-0.3, -0.25) is 4.90 Å². The highest BCUT2D eigenvalue weighted by Crippen LogP contribution is 2.20. The zero-order valence-electron chi connectivity index (χ0n) is 11.8. The van der Waals surface area contributed by atoms with Gasteiger partial charge in [-0.1, -0.05) is 13.8 Å². The topological polar surface area (TPSA) is 26.7 Å². The quantitative estimate of drug-likeness (QED) is 0.902. The standard InChI is InChI=1S/C15H23FN2O/c1-15(2,12-19)11-17-7-9-18(10-8-17)14-5-3-13(16)4-6-14/h3-6,19H,7-12H2,1-2H3. The Balaban J connectivity index is 1.87. The summed E-state index contributed by atoms with van der Waals surface area (Å²) < 4.78 is 12.9. The summed E-state index contributed by atoms with van der Waals surface area (Å²) >= 11 is 0. The number of rotatable bonds is 4. The Kier molecular flexibility index (Phi) is 4.42. The van der Waals surface area contributed by atoms with Gasteiger partial charge in [0.15, 0.2) is 0 Å². The summed E-state index contributed by atoms with van der Waals surface area (Å²) in [6.45, 7) is 9.17. The summed E-state index contributed by atoms with van der Waals surface area (Å²) in [6.07, 6.45) is 0. The molecule has 2 rings (SSSR count). The number of nitrogens with zero attached hydrogens (tertiary/aromatic N) is 2. The maximum atomic E-state index is 12.9. The summed E-state index contributed by atoms with van der Waals surface area (Å²) in [5.41, 5.74) is 1.04. The van der Waals surface area contributed by atoms with Crippen molar-refractivity contribution in [1.82, 2.24) is 4.90 Å². The molecule has 1 fully saturated rings. The van der Waals surface area contributed by atoms with Gasteiger partial charge in [0.1, 0.15) is 5.82 Å². The molecule has 0 saturated carbocycles. The molecule has 1 aliphatic rings. The van der Waals surface area contributed by atoms with Gasteiger partial charge >= 0.3 is 0 Å². The molecule has 3 nitrogen and oxygen atoms in total. The highest BCUT2D eigenvalue weighted by atomic mass is 19.1. The largest absolute Gasteiger partial charge is 0.396 e. The van der Waals surface area contributed by atoms with Crippen molar-refractivity contribution in [2.45, 2.75) is 13.8 Å². The van der Waals surface area contributed by atoms with Gasteiger partial charge in [-0.2, -0.15) is 0 Å². The molecular weight excluding hydrogens is 243 g/mol. The molecule has 0 unspecified atom stereocenters. The van der Waals surface area contributed by atoms with E-state index in [1.807, 2.05) is 12.1 Å². The fourth-order valence-electron chi connectivity index (χ4n) is 2.47. The number of aliphatic hydroxyl groups excluding tert-OH is 1. The van der Waals surface area contributed by atoms with E-state index in [1.54, 1.807) is 0 Å². The van der Waals surface area contributed by atoms with Crippen molar-refractivity contribution in [1.29, 1.82) is 0 Å². The molecule has 1 N–H and O–H groups in total. The molecule has 0 spiro atoms. The molecule has 1 heterocycles. The van der Waals surface area contributed by atoms with Gasteiger partial charge in [-0.25, -0.2) is 4.39 Å². The number of hydrogen-bond acceptors (Lipinski definition) is 3. The first-order chi connectivity index (χ1) is 9.00. The molecule has 0 radical (unpaired) electrons. The van der Waals surface area contributed by atoms with Crippen LogP contribution in [0.5, 0.6) is 0 Å². The van der Waals surface area contributed by atoms with Crippen molar-refractivity contribution in [3.63, 3.8) is 0 Å². The number of aliphatic hydroxyl groups is 1. The van der Waals surface area contributed by atoms with Gasteiger partial charge in [0.25, 0.3) is 0 Å². The molecule has 19 heavy (non-hydrogen) atoms. The number of piperazine rings is 1. The predicted molar refractivity (Wildman–Crippen MR) is 75.9 cm³/mol. The molecule has 4 heteroatoms. The maximum Gasteiger partial charge on any atom is 0.123 e. The first kappa shape index (κ1) is 14.3. The minimum absolute atomic E-state index is 0.0436. The summed E-state index contributed by atoms with van der Waals surface area (Å²) in [5, 5.41) is 9.31. The second-order valence-corrected chi connectivity index (χ2v) is 6.06. The Morgan fingerprint density at radius 3 is 2.21 bits per heavy atom. The summed E-state index contributed by atoms with van der Waals surface area (Å²) in [6, 6.07) is 6.69. The third-order valence-electron chi connectivity index (χ3n) is 3.64. The average molecular weight is 266 g/mol. The smallest absolute Gasteiger partial charge is 0.123 e. The van der Waals surface area contributed by atoms with Gasteiger partial charge < -0.3 is 10.0 Å². The van der Waals surface area contributed by atoms with Crippen molar-refractivity contribution < 1.29 is 9.50 Å². The van der Waals surface area contributed by atoms with E-state index in [1.165, 1.54) is 12.1 Å². The summed E-state index contributed by atoms with van der Waals surface area (Å²) in [5.74, 6) is -0.188. The van der Waals surface area contributed by atoms with E-state index in [0.717, 1.165) is 38.4 Å². The first-order valence-electron chi connectivity index (χ1n) is 6.84. The van der Waals surface area contributed by atoms with E-state index < -0.39 is 0 Å². The number of anilines is 1. The van der Waals surface area contributed by atoms with Gasteiger partial charge in [-0.15, -0.1) is 0 Å². The van der Waals surface area contributed by atoms with Gasteiger partial charge in [0.2, 0.25) is 0 Å². The third-order valence-corrected chi connectivity index (χ3v) is 3.64. The summed E-state index contributed by atoms with van der Waals surface area (Å²) in [7, 11) is 0. The molecule has 0 aliphatic carbocycles. The lowest BCUT2D eigenvalue weighted by Crippen LogP contribution is -2.49. The SMILES string of the molecule is CC(C)(CO)CN1CCN(c2ccc(F)cc2)CC1. The number of hydrogen-bond donors (Lipinski definition) is 1. The molecule has 0 atom stereocenters. The Hall–Kier alpha value is -1.13. The van der Waals surface area contributed by atoms with Crippen LogP contribution in [0.4, 0.5) is 10.1 Å². The highest BCUT2D eigenvalue weighted by Gasteiger charge is 2.24. The molecule has 0 amide bonds. The Labute approximate surface area is 114 Å². The molecule has 1 aromatic carbocycles. The minimum Gasteiger partial charge on any atom is -0.396 e. The molecule has 1 aliphatic heterocycles. The molecule has 1 saturated heterocycles. The molecule has 106 valence electrons. The molecule has 0 aromatic heterocycles. The van der Waals surface area contributed by atoms with E-state index in [0.29, 0.717) is 0 Å². The number of halogens is 1. The zero-order chi connectivity index (χ0) is 13.9. The summed E-state index contributed by atoms with van der Waals surface area (Å²) in [4.78, 5) is 4.66. The second kappa shape index (κ2) is 5.88. The van der Waals surface area contributed by atoms with Crippen molar-refractivity contribution >= 4 is 5.69 Å². The lowest BCUT2D eigenvalue weighted by atomic mass is 9.94. The highest BCUT2D eigenvalue weighted by molar-refractivity contribution is 5.46. The second-order valence-electron chi connectivity index (χ2n) is 6.06. The first-order valence-corrected chi connectivity index (χ1v) is 6.84. The lowest BCUT2D eigenvalue weighted by Gasteiger charge is -2.39. The van der Waals surface area contributed by atoms with E-state index in [2.05, 4.69) is 23.6 Å². The van der Waals surface area contributed by atoms with Crippen molar-refractivity contribution in [3.05, 3.63) is 30.1 Å². The van der Waals surface area contributed by atoms with Crippen LogP contribution in [0.25, 0.3) is 0 Å². The van der Waals surface area contributed by atoms with E-state index in [9.17, 15) is 9.50 Å². The van der Waals surface area contributed by atoms with Crippen LogP contribution in [-0.4, -0.2) is 49.3 Å². The van der Waals surface area contributed by atoms with Gasteiger partial charge in [0, 0.05) is 50.4 Å².